The van der Waals surface area contributed by atoms with Crippen LogP contribution in [-0.4, -0.2) is 63.2 Å². The highest BCUT2D eigenvalue weighted by Gasteiger charge is 2.24. The van der Waals surface area contributed by atoms with Crippen molar-refractivity contribution in [3.8, 4) is 17.1 Å². The van der Waals surface area contributed by atoms with E-state index in [1.54, 1.807) is 24.5 Å². The highest BCUT2D eigenvalue weighted by atomic mass is 16.5. The minimum absolute atomic E-state index is 0.147. The quantitative estimate of drug-likeness (QED) is 0.0524. The van der Waals surface area contributed by atoms with E-state index < -0.39 is 29.8 Å². The van der Waals surface area contributed by atoms with Crippen LogP contribution >= 0.6 is 0 Å². The number of nitrogens with zero attached hydrogens (tertiary/aromatic N) is 3. The molecular formula is C53H51N9O6. The van der Waals surface area contributed by atoms with Gasteiger partial charge in [0.2, 0.25) is 29.5 Å². The third-order valence-corrected chi connectivity index (χ3v) is 11.1. The van der Waals surface area contributed by atoms with E-state index in [0.29, 0.717) is 70.6 Å². The van der Waals surface area contributed by atoms with Crippen LogP contribution in [0.1, 0.15) is 39.4 Å². The third-order valence-electron chi connectivity index (χ3n) is 11.1. The molecule has 0 aliphatic carbocycles. The monoisotopic (exact) mass is 909 g/mol. The summed E-state index contributed by atoms with van der Waals surface area (Å²) in [6.45, 7) is -0.343. The molecule has 8 rings (SSSR count). The van der Waals surface area contributed by atoms with Gasteiger partial charge >= 0.3 is 0 Å². The molecule has 15 nitrogen and oxygen atoms in total. The molecule has 4 amide bonds. The van der Waals surface area contributed by atoms with Crippen LogP contribution in [0.25, 0.3) is 16.9 Å². The largest absolute Gasteiger partial charge is 0.472 e. The van der Waals surface area contributed by atoms with Crippen LogP contribution in [0.4, 0.5) is 11.4 Å². The molecule has 3 aromatic heterocycles. The number of nitrogens with two attached hydrogens (primary N) is 2. The first kappa shape index (κ1) is 46.1. The van der Waals surface area contributed by atoms with Gasteiger partial charge in [0.05, 0.1) is 37.2 Å². The number of amides is 4. The van der Waals surface area contributed by atoms with Crippen molar-refractivity contribution in [1.82, 2.24) is 25.0 Å². The number of imidazole rings is 1. The standard InChI is InChI=1S/C53H51N9O6/c54-31-48(63)59-44(27-36-14-6-2-7-15-36)51(65)56-40-23-21-38(22-24-40)34-68-53-46(30-42-20-11-25-67-42)61-50-43(26-35-12-4-1-5-13-35)58-47(33-62(50)53)39-18-10-19-41(29-39)57-52(66)45(60-49(64)32-55)28-37-16-8-3-9-17-37/h1-25,29,33,44-45H,26-28,30-32,34,54-55H2,(H,56,65)(H,57,66)(H,59,63)(H,60,64). The van der Waals surface area contributed by atoms with Crippen LogP contribution in [-0.2, 0) is 51.5 Å². The number of aromatic nitrogens is 3. The lowest BCUT2D eigenvalue weighted by Crippen LogP contribution is -2.47. The van der Waals surface area contributed by atoms with Crippen LogP contribution in [0.3, 0.4) is 0 Å². The molecule has 68 heavy (non-hydrogen) atoms. The number of hydrogen-bond acceptors (Lipinski definition) is 10. The van der Waals surface area contributed by atoms with Gasteiger partial charge in [-0.15, -0.1) is 0 Å². The number of nitrogens with one attached hydrogen (secondary N) is 4. The molecule has 2 unspecified atom stereocenters. The van der Waals surface area contributed by atoms with Gasteiger partial charge in [0, 0.05) is 42.4 Å². The number of fused-ring (bicyclic) bond motifs is 1. The Hall–Kier alpha value is -8.40. The lowest BCUT2D eigenvalue weighted by Gasteiger charge is -2.19. The van der Waals surface area contributed by atoms with E-state index >= 15 is 0 Å². The van der Waals surface area contributed by atoms with Crippen molar-refractivity contribution >= 4 is 40.7 Å². The minimum atomic E-state index is -0.870. The van der Waals surface area contributed by atoms with E-state index in [4.69, 9.17) is 30.6 Å². The lowest BCUT2D eigenvalue weighted by molar-refractivity contribution is -0.125. The SMILES string of the molecule is NCC(=O)NC(Cc1ccccc1)C(=O)Nc1ccc(COc2c(Cc3ccco3)nc3c(Cc4ccccc4)nc(-c4cccc(NC(=O)C(Cc5ccccc5)NC(=O)CN)c4)cn23)cc1. The second-order valence-electron chi connectivity index (χ2n) is 16.1. The molecule has 0 saturated heterocycles. The van der Waals surface area contributed by atoms with Crippen molar-refractivity contribution in [2.24, 2.45) is 11.5 Å². The molecule has 2 atom stereocenters. The van der Waals surface area contributed by atoms with Gasteiger partial charge in [0.1, 0.15) is 30.1 Å². The second-order valence-corrected chi connectivity index (χ2v) is 16.1. The Balaban J connectivity index is 1.08. The smallest absolute Gasteiger partial charge is 0.247 e. The molecule has 3 heterocycles. The number of furan rings is 1. The first-order chi connectivity index (χ1) is 33.2. The number of anilines is 2. The van der Waals surface area contributed by atoms with Gasteiger partial charge in [-0.2, -0.15) is 0 Å². The Bertz CT molecular complexity index is 2960. The Morgan fingerprint density at radius 3 is 1.75 bits per heavy atom. The summed E-state index contributed by atoms with van der Waals surface area (Å²) in [5.74, 6) is -0.466. The molecule has 0 fully saturated rings. The Labute approximate surface area is 393 Å². The topological polar surface area (TPSA) is 221 Å². The van der Waals surface area contributed by atoms with Crippen LogP contribution in [0.2, 0.25) is 0 Å². The van der Waals surface area contributed by atoms with Crippen molar-refractivity contribution in [2.75, 3.05) is 23.7 Å². The predicted molar refractivity (Wildman–Crippen MR) is 259 cm³/mol. The van der Waals surface area contributed by atoms with Crippen molar-refractivity contribution in [2.45, 2.75) is 44.4 Å². The van der Waals surface area contributed by atoms with Gasteiger partial charge < -0.3 is 41.9 Å². The second kappa shape index (κ2) is 22.2. The molecule has 0 bridgehead atoms. The van der Waals surface area contributed by atoms with Gasteiger partial charge in [-0.3, -0.25) is 23.6 Å². The van der Waals surface area contributed by atoms with Gasteiger partial charge in [-0.25, -0.2) is 9.97 Å². The summed E-state index contributed by atoms with van der Waals surface area (Å²) >= 11 is 0. The van der Waals surface area contributed by atoms with Crippen molar-refractivity contribution in [3.63, 3.8) is 0 Å². The van der Waals surface area contributed by atoms with E-state index in [2.05, 4.69) is 21.3 Å². The van der Waals surface area contributed by atoms with E-state index in [0.717, 1.165) is 22.3 Å². The van der Waals surface area contributed by atoms with Gasteiger partial charge in [-0.05, 0) is 58.7 Å². The summed E-state index contributed by atoms with van der Waals surface area (Å²) in [5.41, 5.74) is 19.1. The number of benzene rings is 5. The number of hydrogen-bond donors (Lipinski definition) is 6. The zero-order valence-corrected chi connectivity index (χ0v) is 37.1. The molecule has 15 heteroatoms. The van der Waals surface area contributed by atoms with Crippen LogP contribution in [0, 0.1) is 0 Å². The number of rotatable bonds is 20. The fourth-order valence-electron chi connectivity index (χ4n) is 7.70. The molecular weight excluding hydrogens is 859 g/mol. The fourth-order valence-corrected chi connectivity index (χ4v) is 7.70. The van der Waals surface area contributed by atoms with Crippen LogP contribution < -0.4 is 37.5 Å². The van der Waals surface area contributed by atoms with Crippen LogP contribution in [0.15, 0.2) is 169 Å². The van der Waals surface area contributed by atoms with E-state index in [-0.39, 0.29) is 32.0 Å². The van der Waals surface area contributed by atoms with Crippen molar-refractivity contribution in [1.29, 1.82) is 0 Å². The van der Waals surface area contributed by atoms with Crippen molar-refractivity contribution < 1.29 is 28.3 Å². The molecule has 8 N–H and O–H groups in total. The molecule has 5 aromatic carbocycles. The van der Waals surface area contributed by atoms with E-state index in [1.165, 1.54) is 0 Å². The molecule has 0 saturated carbocycles. The summed E-state index contributed by atoms with van der Waals surface area (Å²) in [4.78, 5) is 62.2. The molecule has 8 aromatic rings. The minimum Gasteiger partial charge on any atom is -0.472 e. The first-order valence-corrected chi connectivity index (χ1v) is 22.2. The van der Waals surface area contributed by atoms with Gasteiger partial charge in [-0.1, -0.05) is 115 Å². The van der Waals surface area contributed by atoms with Gasteiger partial charge in [0.25, 0.3) is 0 Å². The summed E-state index contributed by atoms with van der Waals surface area (Å²) < 4.78 is 14.3. The Morgan fingerprint density at radius 1 is 0.588 bits per heavy atom. The van der Waals surface area contributed by atoms with Crippen molar-refractivity contribution in [3.05, 3.63) is 204 Å². The number of carbonyl (C=O) groups excluding carboxylic acids is 4. The molecule has 344 valence electrons. The highest BCUT2D eigenvalue weighted by Crippen LogP contribution is 2.31. The van der Waals surface area contributed by atoms with Crippen LogP contribution in [0.5, 0.6) is 5.88 Å². The maximum Gasteiger partial charge on any atom is 0.247 e. The van der Waals surface area contributed by atoms with E-state index in [9.17, 15) is 19.2 Å². The third kappa shape index (κ3) is 12.1. The van der Waals surface area contributed by atoms with E-state index in [1.807, 2.05) is 144 Å². The number of ether oxygens (including phenoxy) is 1. The zero-order chi connectivity index (χ0) is 47.2. The molecule has 0 aliphatic heterocycles. The summed E-state index contributed by atoms with van der Waals surface area (Å²) in [5, 5.41) is 11.4. The summed E-state index contributed by atoms with van der Waals surface area (Å²) in [7, 11) is 0. The maximum absolute atomic E-state index is 13.8. The zero-order valence-electron chi connectivity index (χ0n) is 37.1. The maximum atomic E-state index is 13.8. The highest BCUT2D eigenvalue weighted by molar-refractivity contribution is 5.98. The van der Waals surface area contributed by atoms with Gasteiger partial charge in [0.15, 0.2) is 5.65 Å². The first-order valence-electron chi connectivity index (χ1n) is 22.2. The molecule has 0 spiro atoms. The molecule has 0 aliphatic rings. The average Bonchev–Trinajstić information content (AvgIpc) is 4.02. The normalized spacial score (nSPS) is 11.9. The average molecular weight is 910 g/mol. The predicted octanol–water partition coefficient (Wildman–Crippen LogP) is 6.00. The lowest BCUT2D eigenvalue weighted by atomic mass is 10.0. The summed E-state index contributed by atoms with van der Waals surface area (Å²) in [6, 6.07) is 45.5. The number of carbonyl (C=O) groups is 4. The summed E-state index contributed by atoms with van der Waals surface area (Å²) in [6.07, 6.45) is 4.85. The fraction of sp³-hybridized carbons (Fsp3) is 0.170. The molecule has 0 radical (unpaired) electrons. The Morgan fingerprint density at radius 2 is 1.18 bits per heavy atom. The Kier molecular flexibility index (Phi) is 15.1.